The van der Waals surface area contributed by atoms with Crippen LogP contribution in [0, 0.1) is 11.3 Å². The Labute approximate surface area is 128 Å². The van der Waals surface area contributed by atoms with Crippen LogP contribution in [0.1, 0.15) is 46.6 Å². The fourth-order valence-corrected chi connectivity index (χ4v) is 4.52. The number of hydrogen-bond donors (Lipinski definition) is 0. The molecule has 4 rings (SSSR count). The van der Waals surface area contributed by atoms with Crippen LogP contribution in [0.5, 0.6) is 0 Å². The molecule has 0 radical (unpaired) electrons. The number of hydrogen-bond acceptors (Lipinski definition) is 4. The van der Waals surface area contributed by atoms with Gasteiger partial charge in [0.2, 0.25) is 0 Å². The molecule has 0 bridgehead atoms. The molecule has 0 amide bonds. The van der Waals surface area contributed by atoms with Gasteiger partial charge < -0.3 is 4.90 Å². The SMILES string of the molecule is CC1c2ccsc2CCN1c1nc2c(cc1C#N)CCC2. The number of fused-ring (bicyclic) bond motifs is 2. The van der Waals surface area contributed by atoms with E-state index < -0.39 is 0 Å². The minimum absolute atomic E-state index is 0.305. The predicted octanol–water partition coefficient (Wildman–Crippen LogP) is 3.63. The highest BCUT2D eigenvalue weighted by Gasteiger charge is 2.28. The molecule has 2 aliphatic rings. The molecule has 3 nitrogen and oxygen atoms in total. The van der Waals surface area contributed by atoms with E-state index in [0.717, 1.165) is 37.2 Å². The summed E-state index contributed by atoms with van der Waals surface area (Å²) in [4.78, 5) is 8.66. The molecule has 1 unspecified atom stereocenters. The molecule has 1 aliphatic carbocycles. The molecule has 0 N–H and O–H groups in total. The van der Waals surface area contributed by atoms with Crippen molar-refractivity contribution in [3.8, 4) is 6.07 Å². The van der Waals surface area contributed by atoms with E-state index in [9.17, 15) is 5.26 Å². The van der Waals surface area contributed by atoms with Crippen LogP contribution >= 0.6 is 11.3 Å². The van der Waals surface area contributed by atoms with Crippen molar-refractivity contribution in [2.24, 2.45) is 0 Å². The van der Waals surface area contributed by atoms with E-state index in [-0.39, 0.29) is 0 Å². The number of rotatable bonds is 1. The van der Waals surface area contributed by atoms with Gasteiger partial charge in [0.15, 0.2) is 0 Å². The number of aryl methyl sites for hydroxylation is 2. The lowest BCUT2D eigenvalue weighted by atomic mass is 10.0. The smallest absolute Gasteiger partial charge is 0.147 e. The largest absolute Gasteiger partial charge is 0.348 e. The average Bonchev–Trinajstić information content (AvgIpc) is 3.14. The van der Waals surface area contributed by atoms with Crippen molar-refractivity contribution in [1.29, 1.82) is 5.26 Å². The van der Waals surface area contributed by atoms with Gasteiger partial charge in [-0.1, -0.05) is 0 Å². The lowest BCUT2D eigenvalue weighted by Gasteiger charge is -2.35. The van der Waals surface area contributed by atoms with Gasteiger partial charge in [0.25, 0.3) is 0 Å². The summed E-state index contributed by atoms with van der Waals surface area (Å²) in [7, 11) is 0. The van der Waals surface area contributed by atoms with Gasteiger partial charge >= 0.3 is 0 Å². The van der Waals surface area contributed by atoms with Crippen LogP contribution < -0.4 is 4.90 Å². The zero-order valence-electron chi connectivity index (χ0n) is 12.1. The van der Waals surface area contributed by atoms with Gasteiger partial charge in [0.05, 0.1) is 11.6 Å². The monoisotopic (exact) mass is 295 g/mol. The quantitative estimate of drug-likeness (QED) is 0.806. The molecule has 3 heterocycles. The highest BCUT2D eigenvalue weighted by molar-refractivity contribution is 7.10. The normalized spacial score (nSPS) is 20.0. The van der Waals surface area contributed by atoms with E-state index in [1.807, 2.05) is 11.3 Å². The van der Waals surface area contributed by atoms with E-state index in [1.54, 1.807) is 0 Å². The third-order valence-electron chi connectivity index (χ3n) is 4.70. The third-order valence-corrected chi connectivity index (χ3v) is 5.70. The highest BCUT2D eigenvalue weighted by atomic mass is 32.1. The molecule has 0 saturated heterocycles. The first kappa shape index (κ1) is 12.8. The Morgan fingerprint density at radius 3 is 3.14 bits per heavy atom. The maximum atomic E-state index is 9.51. The summed E-state index contributed by atoms with van der Waals surface area (Å²) in [6.45, 7) is 3.18. The van der Waals surface area contributed by atoms with Crippen molar-refractivity contribution in [2.45, 2.75) is 38.6 Å². The van der Waals surface area contributed by atoms with Crippen molar-refractivity contribution in [3.63, 3.8) is 0 Å². The van der Waals surface area contributed by atoms with Crippen molar-refractivity contribution >= 4 is 17.2 Å². The summed E-state index contributed by atoms with van der Waals surface area (Å²) < 4.78 is 0. The van der Waals surface area contributed by atoms with Gasteiger partial charge in [0.1, 0.15) is 11.9 Å². The Bertz CT molecular complexity index is 741. The van der Waals surface area contributed by atoms with Crippen molar-refractivity contribution < 1.29 is 0 Å². The molecular formula is C17H17N3S. The van der Waals surface area contributed by atoms with Gasteiger partial charge in [-0.05, 0) is 61.2 Å². The van der Waals surface area contributed by atoms with Crippen molar-refractivity contribution in [1.82, 2.24) is 4.98 Å². The van der Waals surface area contributed by atoms with E-state index >= 15 is 0 Å². The predicted molar refractivity (Wildman–Crippen MR) is 84.8 cm³/mol. The fraction of sp³-hybridized carbons (Fsp3) is 0.412. The third kappa shape index (κ3) is 1.96. The number of nitrogens with zero attached hydrogens (tertiary/aromatic N) is 3. The van der Waals surface area contributed by atoms with E-state index in [2.05, 4.69) is 35.4 Å². The van der Waals surface area contributed by atoms with Crippen LogP contribution in [0.4, 0.5) is 5.82 Å². The lowest BCUT2D eigenvalue weighted by Crippen LogP contribution is -2.34. The summed E-state index contributed by atoms with van der Waals surface area (Å²) in [5, 5.41) is 11.7. The molecule has 0 fully saturated rings. The molecule has 4 heteroatoms. The first-order valence-electron chi connectivity index (χ1n) is 7.53. The Morgan fingerprint density at radius 2 is 2.29 bits per heavy atom. The number of thiophene rings is 1. The fourth-order valence-electron chi connectivity index (χ4n) is 3.56. The average molecular weight is 295 g/mol. The molecule has 2 aromatic heterocycles. The van der Waals surface area contributed by atoms with Gasteiger partial charge in [-0.15, -0.1) is 11.3 Å². The van der Waals surface area contributed by atoms with Crippen LogP contribution in [0.2, 0.25) is 0 Å². The Balaban J connectivity index is 1.79. The molecule has 0 saturated carbocycles. The Kier molecular flexibility index (Phi) is 2.97. The molecular weight excluding hydrogens is 278 g/mol. The zero-order valence-corrected chi connectivity index (χ0v) is 12.9. The molecule has 21 heavy (non-hydrogen) atoms. The number of aromatic nitrogens is 1. The second kappa shape index (κ2) is 4.85. The van der Waals surface area contributed by atoms with Crippen molar-refractivity contribution in [2.75, 3.05) is 11.4 Å². The molecule has 0 spiro atoms. The second-order valence-electron chi connectivity index (χ2n) is 5.85. The molecule has 1 aliphatic heterocycles. The van der Waals surface area contributed by atoms with E-state index in [0.29, 0.717) is 6.04 Å². The minimum atomic E-state index is 0.305. The standard InChI is InChI=1S/C17H17N3S/c1-11-14-6-8-21-16(14)5-7-20(11)17-13(10-18)9-12-3-2-4-15(12)19-17/h6,8-9,11H,2-5,7H2,1H3. The summed E-state index contributed by atoms with van der Waals surface area (Å²) >= 11 is 1.84. The second-order valence-corrected chi connectivity index (χ2v) is 6.85. The Hall–Kier alpha value is -1.86. The summed E-state index contributed by atoms with van der Waals surface area (Å²) in [5.41, 5.74) is 4.61. The maximum Gasteiger partial charge on any atom is 0.147 e. The van der Waals surface area contributed by atoms with Gasteiger partial charge in [-0.2, -0.15) is 5.26 Å². The van der Waals surface area contributed by atoms with Crippen LogP contribution in [-0.4, -0.2) is 11.5 Å². The molecule has 2 aromatic rings. The summed E-state index contributed by atoms with van der Waals surface area (Å²) in [6.07, 6.45) is 4.35. The molecule has 0 aromatic carbocycles. The van der Waals surface area contributed by atoms with Crippen LogP contribution in [0.3, 0.4) is 0 Å². The van der Waals surface area contributed by atoms with Crippen molar-refractivity contribution in [3.05, 3.63) is 44.8 Å². The van der Waals surface area contributed by atoms with Gasteiger partial charge in [-0.3, -0.25) is 0 Å². The number of anilines is 1. The van der Waals surface area contributed by atoms with Crippen LogP contribution in [0.15, 0.2) is 17.5 Å². The maximum absolute atomic E-state index is 9.51. The first-order valence-corrected chi connectivity index (χ1v) is 8.41. The molecule has 1 atom stereocenters. The van der Waals surface area contributed by atoms with E-state index in [1.165, 1.54) is 28.1 Å². The van der Waals surface area contributed by atoms with Gasteiger partial charge in [0, 0.05) is 17.1 Å². The summed E-state index contributed by atoms with van der Waals surface area (Å²) in [6, 6.07) is 6.95. The van der Waals surface area contributed by atoms with E-state index in [4.69, 9.17) is 4.98 Å². The van der Waals surface area contributed by atoms with Gasteiger partial charge in [-0.25, -0.2) is 4.98 Å². The topological polar surface area (TPSA) is 39.9 Å². The highest BCUT2D eigenvalue weighted by Crippen LogP contribution is 2.37. The number of nitriles is 1. The minimum Gasteiger partial charge on any atom is -0.348 e. The Morgan fingerprint density at radius 1 is 1.38 bits per heavy atom. The summed E-state index contributed by atoms with van der Waals surface area (Å²) in [5.74, 6) is 0.891. The molecule has 106 valence electrons. The van der Waals surface area contributed by atoms with Crippen LogP contribution in [0.25, 0.3) is 0 Å². The zero-order chi connectivity index (χ0) is 14.4. The first-order chi connectivity index (χ1) is 10.3. The number of pyridine rings is 1. The lowest BCUT2D eigenvalue weighted by molar-refractivity contribution is 0.623. The van der Waals surface area contributed by atoms with Crippen LogP contribution in [-0.2, 0) is 19.3 Å².